The van der Waals surface area contributed by atoms with Gasteiger partial charge in [-0.15, -0.1) is 11.3 Å². The molecule has 2 aromatic rings. The average Bonchev–Trinajstić information content (AvgIpc) is 3.08. The van der Waals surface area contributed by atoms with Crippen LogP contribution in [-0.4, -0.2) is 30.6 Å². The van der Waals surface area contributed by atoms with Crippen LogP contribution in [0.3, 0.4) is 0 Å². The molecule has 5 nitrogen and oxygen atoms in total. The molecule has 124 valence electrons. The van der Waals surface area contributed by atoms with Gasteiger partial charge < -0.3 is 15.8 Å². The number of unbranched alkanes of at least 4 members (excludes halogenated alkanes) is 1. The maximum atomic E-state index is 12.3. The molecule has 1 aromatic heterocycles. The SMILES string of the molecule is CCCCC(CN)NC(=O)c1cnc(-c2ccc(OC)cc2)s1. The number of aromatic nitrogens is 1. The molecule has 0 radical (unpaired) electrons. The number of thiazole rings is 1. The second-order valence-electron chi connectivity index (χ2n) is 5.31. The van der Waals surface area contributed by atoms with Crippen LogP contribution in [0.25, 0.3) is 10.6 Å². The number of methoxy groups -OCH3 is 1. The number of nitrogens with two attached hydrogens (primary N) is 1. The minimum absolute atomic E-state index is 0.0222. The van der Waals surface area contributed by atoms with E-state index in [1.165, 1.54) is 11.3 Å². The largest absolute Gasteiger partial charge is 0.497 e. The van der Waals surface area contributed by atoms with E-state index in [9.17, 15) is 4.79 Å². The lowest BCUT2D eigenvalue weighted by molar-refractivity contribution is 0.0939. The molecule has 0 saturated heterocycles. The highest BCUT2D eigenvalue weighted by atomic mass is 32.1. The molecule has 1 amide bonds. The summed E-state index contributed by atoms with van der Waals surface area (Å²) in [6.07, 6.45) is 4.67. The molecule has 1 aromatic carbocycles. The van der Waals surface area contributed by atoms with E-state index in [0.29, 0.717) is 11.4 Å². The lowest BCUT2D eigenvalue weighted by atomic mass is 10.1. The van der Waals surface area contributed by atoms with Crippen molar-refractivity contribution in [1.29, 1.82) is 0 Å². The Balaban J connectivity index is 2.03. The van der Waals surface area contributed by atoms with Crippen LogP contribution < -0.4 is 15.8 Å². The Hall–Kier alpha value is -1.92. The van der Waals surface area contributed by atoms with Crippen LogP contribution in [0.15, 0.2) is 30.5 Å². The summed E-state index contributed by atoms with van der Waals surface area (Å²) in [5, 5.41) is 3.80. The summed E-state index contributed by atoms with van der Waals surface area (Å²) < 4.78 is 5.14. The van der Waals surface area contributed by atoms with Gasteiger partial charge in [0.25, 0.3) is 5.91 Å². The number of nitrogens with one attached hydrogen (secondary N) is 1. The normalized spacial score (nSPS) is 12.0. The van der Waals surface area contributed by atoms with Crippen molar-refractivity contribution >= 4 is 17.2 Å². The topological polar surface area (TPSA) is 77.2 Å². The third-order valence-corrected chi connectivity index (χ3v) is 4.64. The Labute approximate surface area is 140 Å². The number of carbonyl (C=O) groups is 1. The first-order valence-corrected chi connectivity index (χ1v) is 8.60. The van der Waals surface area contributed by atoms with E-state index >= 15 is 0 Å². The maximum absolute atomic E-state index is 12.3. The second-order valence-corrected chi connectivity index (χ2v) is 6.34. The highest BCUT2D eigenvalue weighted by Crippen LogP contribution is 2.26. The van der Waals surface area contributed by atoms with Gasteiger partial charge in [0, 0.05) is 18.2 Å². The minimum Gasteiger partial charge on any atom is -0.497 e. The van der Waals surface area contributed by atoms with Crippen LogP contribution in [-0.2, 0) is 0 Å². The number of amides is 1. The Bertz CT molecular complexity index is 625. The van der Waals surface area contributed by atoms with Gasteiger partial charge in [0.05, 0.1) is 13.3 Å². The first-order valence-electron chi connectivity index (χ1n) is 7.79. The van der Waals surface area contributed by atoms with Gasteiger partial charge in [-0.3, -0.25) is 4.79 Å². The number of carbonyl (C=O) groups excluding carboxylic acids is 1. The van der Waals surface area contributed by atoms with E-state index in [0.717, 1.165) is 35.6 Å². The predicted molar refractivity (Wildman–Crippen MR) is 93.9 cm³/mol. The molecule has 0 saturated carbocycles. The van der Waals surface area contributed by atoms with E-state index in [1.807, 2.05) is 24.3 Å². The van der Waals surface area contributed by atoms with Gasteiger partial charge in [-0.1, -0.05) is 19.8 Å². The summed E-state index contributed by atoms with van der Waals surface area (Å²) in [7, 11) is 1.63. The zero-order valence-electron chi connectivity index (χ0n) is 13.5. The van der Waals surface area contributed by atoms with Crippen LogP contribution in [0.4, 0.5) is 0 Å². The smallest absolute Gasteiger partial charge is 0.263 e. The average molecular weight is 333 g/mol. The van der Waals surface area contributed by atoms with Gasteiger partial charge in [0.1, 0.15) is 15.6 Å². The lowest BCUT2D eigenvalue weighted by Gasteiger charge is -2.15. The van der Waals surface area contributed by atoms with Gasteiger partial charge in [0.15, 0.2) is 0 Å². The number of nitrogens with zero attached hydrogens (tertiary/aromatic N) is 1. The van der Waals surface area contributed by atoms with Crippen molar-refractivity contribution in [2.24, 2.45) is 5.73 Å². The molecule has 0 fully saturated rings. The maximum Gasteiger partial charge on any atom is 0.263 e. The quantitative estimate of drug-likeness (QED) is 0.778. The molecule has 2 rings (SSSR count). The molecule has 1 heterocycles. The van der Waals surface area contributed by atoms with Crippen LogP contribution in [0, 0.1) is 0 Å². The lowest BCUT2D eigenvalue weighted by Crippen LogP contribution is -2.39. The van der Waals surface area contributed by atoms with Crippen molar-refractivity contribution in [3.8, 4) is 16.3 Å². The van der Waals surface area contributed by atoms with Crippen molar-refractivity contribution < 1.29 is 9.53 Å². The number of rotatable bonds is 8. The monoisotopic (exact) mass is 333 g/mol. The van der Waals surface area contributed by atoms with E-state index in [2.05, 4.69) is 17.2 Å². The number of ether oxygens (including phenoxy) is 1. The van der Waals surface area contributed by atoms with E-state index in [1.54, 1.807) is 13.3 Å². The number of benzene rings is 1. The molecular weight excluding hydrogens is 310 g/mol. The Morgan fingerprint density at radius 1 is 1.39 bits per heavy atom. The molecule has 1 unspecified atom stereocenters. The minimum atomic E-state index is -0.103. The second kappa shape index (κ2) is 8.64. The Morgan fingerprint density at radius 2 is 2.13 bits per heavy atom. The van der Waals surface area contributed by atoms with Crippen molar-refractivity contribution in [3.05, 3.63) is 35.3 Å². The van der Waals surface area contributed by atoms with Crippen molar-refractivity contribution in [2.75, 3.05) is 13.7 Å². The molecule has 0 bridgehead atoms. The van der Waals surface area contributed by atoms with Gasteiger partial charge in [-0.2, -0.15) is 0 Å². The fourth-order valence-corrected chi connectivity index (χ4v) is 3.03. The number of hydrogen-bond donors (Lipinski definition) is 2. The van der Waals surface area contributed by atoms with Crippen molar-refractivity contribution in [1.82, 2.24) is 10.3 Å². The van der Waals surface area contributed by atoms with Gasteiger partial charge in [-0.25, -0.2) is 4.98 Å². The zero-order chi connectivity index (χ0) is 16.7. The van der Waals surface area contributed by atoms with E-state index < -0.39 is 0 Å². The predicted octanol–water partition coefficient (Wildman–Crippen LogP) is 3.07. The molecule has 0 spiro atoms. The Morgan fingerprint density at radius 3 is 2.74 bits per heavy atom. The zero-order valence-corrected chi connectivity index (χ0v) is 14.4. The molecule has 0 aliphatic rings. The summed E-state index contributed by atoms with van der Waals surface area (Å²) >= 11 is 1.38. The standard InChI is InChI=1S/C17H23N3O2S/c1-3-4-5-13(10-18)20-16(21)15-11-19-17(23-15)12-6-8-14(22-2)9-7-12/h6-9,11,13H,3-5,10,18H2,1-2H3,(H,20,21). The highest BCUT2D eigenvalue weighted by Gasteiger charge is 2.15. The molecule has 0 aliphatic heterocycles. The molecular formula is C17H23N3O2S. The molecule has 23 heavy (non-hydrogen) atoms. The molecule has 3 N–H and O–H groups in total. The van der Waals surface area contributed by atoms with Crippen molar-refractivity contribution in [3.63, 3.8) is 0 Å². The summed E-state index contributed by atoms with van der Waals surface area (Å²) in [6.45, 7) is 2.58. The molecule has 0 aliphatic carbocycles. The summed E-state index contributed by atoms with van der Waals surface area (Å²) in [5.41, 5.74) is 6.69. The summed E-state index contributed by atoms with van der Waals surface area (Å²) in [5.74, 6) is 0.693. The fourth-order valence-electron chi connectivity index (χ4n) is 2.20. The van der Waals surface area contributed by atoms with E-state index in [-0.39, 0.29) is 11.9 Å². The van der Waals surface area contributed by atoms with Gasteiger partial charge in [0.2, 0.25) is 0 Å². The summed E-state index contributed by atoms with van der Waals surface area (Å²) in [4.78, 5) is 17.3. The van der Waals surface area contributed by atoms with Crippen LogP contribution in [0.5, 0.6) is 5.75 Å². The van der Waals surface area contributed by atoms with Gasteiger partial charge in [-0.05, 0) is 30.7 Å². The first kappa shape index (κ1) is 17.4. The fraction of sp³-hybridized carbons (Fsp3) is 0.412. The van der Waals surface area contributed by atoms with E-state index in [4.69, 9.17) is 10.5 Å². The third-order valence-electron chi connectivity index (χ3n) is 3.59. The summed E-state index contributed by atoms with van der Waals surface area (Å²) in [6, 6.07) is 7.65. The van der Waals surface area contributed by atoms with Crippen LogP contribution in [0.1, 0.15) is 35.9 Å². The highest BCUT2D eigenvalue weighted by molar-refractivity contribution is 7.16. The van der Waals surface area contributed by atoms with Crippen molar-refractivity contribution in [2.45, 2.75) is 32.2 Å². The van der Waals surface area contributed by atoms with Crippen LogP contribution >= 0.6 is 11.3 Å². The van der Waals surface area contributed by atoms with Crippen LogP contribution in [0.2, 0.25) is 0 Å². The number of hydrogen-bond acceptors (Lipinski definition) is 5. The Kier molecular flexibility index (Phi) is 6.55. The third kappa shape index (κ3) is 4.77. The first-order chi connectivity index (χ1) is 11.2. The molecule has 6 heteroatoms. The van der Waals surface area contributed by atoms with Gasteiger partial charge >= 0.3 is 0 Å². The molecule has 1 atom stereocenters.